The lowest BCUT2D eigenvalue weighted by Crippen LogP contribution is -2.22. The van der Waals surface area contributed by atoms with Gasteiger partial charge in [-0.25, -0.2) is 0 Å². The highest BCUT2D eigenvalue weighted by Gasteiger charge is 2.19. The molecule has 0 aliphatic rings. The molecule has 2 nitrogen and oxygen atoms in total. The predicted molar refractivity (Wildman–Crippen MR) is 82.3 cm³/mol. The fourth-order valence-electron chi connectivity index (χ4n) is 2.28. The van der Waals surface area contributed by atoms with Crippen LogP contribution >= 0.6 is 11.8 Å². The fourth-order valence-corrected chi connectivity index (χ4v) is 3.43. The lowest BCUT2D eigenvalue weighted by molar-refractivity contribution is 0.486. The maximum atomic E-state index is 6.07. The Morgan fingerprint density at radius 2 is 1.89 bits per heavy atom. The molecule has 2 aromatic rings. The van der Waals surface area contributed by atoms with Crippen molar-refractivity contribution in [1.82, 2.24) is 0 Å². The minimum absolute atomic E-state index is 0.0713. The first kappa shape index (κ1) is 14.2. The molecular weight excluding hydrogens is 254 g/mol. The molecule has 1 aromatic heterocycles. The van der Waals surface area contributed by atoms with Crippen molar-refractivity contribution in [3.8, 4) is 0 Å². The summed E-state index contributed by atoms with van der Waals surface area (Å²) in [5.41, 5.74) is 10.0. The Morgan fingerprint density at radius 1 is 1.21 bits per heavy atom. The van der Waals surface area contributed by atoms with Crippen LogP contribution in [0.2, 0.25) is 0 Å². The van der Waals surface area contributed by atoms with Crippen LogP contribution < -0.4 is 5.73 Å². The molecule has 2 rings (SSSR count). The fraction of sp³-hybridized carbons (Fsp3) is 0.375. The van der Waals surface area contributed by atoms with Crippen LogP contribution in [0, 0.1) is 13.8 Å². The van der Waals surface area contributed by atoms with Gasteiger partial charge in [-0.3, -0.25) is 0 Å². The van der Waals surface area contributed by atoms with Crippen molar-refractivity contribution in [1.29, 1.82) is 0 Å². The van der Waals surface area contributed by atoms with Gasteiger partial charge in [0.05, 0.1) is 11.5 Å². The lowest BCUT2D eigenvalue weighted by atomic mass is 10.1. The average Bonchev–Trinajstić information content (AvgIpc) is 2.81. The van der Waals surface area contributed by atoms with E-state index in [1.165, 1.54) is 16.7 Å². The quantitative estimate of drug-likeness (QED) is 0.888. The average molecular weight is 275 g/mol. The summed E-state index contributed by atoms with van der Waals surface area (Å²) in [6.45, 7) is 6.30. The Balaban J connectivity index is 2.07. The zero-order chi connectivity index (χ0) is 13.8. The molecule has 0 saturated heterocycles. The molecule has 3 heteroatoms. The second kappa shape index (κ2) is 6.31. The van der Waals surface area contributed by atoms with Crippen molar-refractivity contribution in [2.75, 3.05) is 0 Å². The van der Waals surface area contributed by atoms with Crippen molar-refractivity contribution in [2.24, 2.45) is 5.73 Å². The highest BCUT2D eigenvalue weighted by molar-refractivity contribution is 7.98. The van der Waals surface area contributed by atoms with Crippen molar-refractivity contribution < 1.29 is 4.42 Å². The smallest absolute Gasteiger partial charge is 0.118 e. The second-order valence-corrected chi connectivity index (χ2v) is 6.23. The first-order valence-corrected chi connectivity index (χ1v) is 7.59. The van der Waals surface area contributed by atoms with Gasteiger partial charge in [-0.05, 0) is 38.5 Å². The van der Waals surface area contributed by atoms with Gasteiger partial charge in [0.1, 0.15) is 5.76 Å². The monoisotopic (exact) mass is 275 g/mol. The Bertz CT molecular complexity index is 499. The van der Waals surface area contributed by atoms with Gasteiger partial charge in [-0.15, -0.1) is 11.8 Å². The van der Waals surface area contributed by atoms with Crippen LogP contribution in [0.3, 0.4) is 0 Å². The topological polar surface area (TPSA) is 39.2 Å². The van der Waals surface area contributed by atoms with Gasteiger partial charge in [-0.2, -0.15) is 0 Å². The van der Waals surface area contributed by atoms with Gasteiger partial charge in [0, 0.05) is 11.8 Å². The summed E-state index contributed by atoms with van der Waals surface area (Å²) in [4.78, 5) is 0. The summed E-state index contributed by atoms with van der Waals surface area (Å²) in [5.74, 6) is 1.92. The first-order chi connectivity index (χ1) is 9.06. The van der Waals surface area contributed by atoms with E-state index in [1.54, 1.807) is 6.26 Å². The number of nitrogens with two attached hydrogens (primary N) is 1. The third kappa shape index (κ3) is 3.88. The molecule has 0 radical (unpaired) electrons. The van der Waals surface area contributed by atoms with Gasteiger partial charge < -0.3 is 10.2 Å². The van der Waals surface area contributed by atoms with Crippen molar-refractivity contribution in [2.45, 2.75) is 37.8 Å². The molecule has 102 valence electrons. The SMILES string of the molecule is Cc1cc(C)cc(CSC(c2ccco2)C(C)N)c1. The molecule has 19 heavy (non-hydrogen) atoms. The van der Waals surface area contributed by atoms with Crippen LogP contribution in [0.1, 0.15) is 34.6 Å². The van der Waals surface area contributed by atoms with Crippen molar-refractivity contribution in [3.63, 3.8) is 0 Å². The molecule has 1 aromatic carbocycles. The summed E-state index contributed by atoms with van der Waals surface area (Å²) in [5, 5.41) is 0.204. The molecule has 0 spiro atoms. The van der Waals surface area contributed by atoms with Crippen LogP contribution in [-0.2, 0) is 5.75 Å². The maximum absolute atomic E-state index is 6.07. The van der Waals surface area contributed by atoms with Crippen molar-refractivity contribution in [3.05, 3.63) is 59.0 Å². The van der Waals surface area contributed by atoms with E-state index in [-0.39, 0.29) is 11.3 Å². The predicted octanol–water partition coefficient (Wildman–Crippen LogP) is 4.22. The third-order valence-corrected chi connectivity index (χ3v) is 4.53. The van der Waals surface area contributed by atoms with Crippen LogP contribution in [0.15, 0.2) is 41.0 Å². The molecule has 0 amide bonds. The van der Waals surface area contributed by atoms with E-state index in [9.17, 15) is 0 Å². The van der Waals surface area contributed by atoms with Crippen LogP contribution in [-0.4, -0.2) is 6.04 Å². The van der Waals surface area contributed by atoms with Gasteiger partial charge in [0.15, 0.2) is 0 Å². The molecule has 0 aliphatic heterocycles. The molecule has 0 aliphatic carbocycles. The Kier molecular flexibility index (Phi) is 4.72. The lowest BCUT2D eigenvalue weighted by Gasteiger charge is -2.18. The van der Waals surface area contributed by atoms with E-state index >= 15 is 0 Å². The molecule has 0 saturated carbocycles. The number of hydrogen-bond acceptors (Lipinski definition) is 3. The largest absolute Gasteiger partial charge is 0.468 e. The molecule has 2 atom stereocenters. The molecule has 0 fully saturated rings. The summed E-state index contributed by atoms with van der Waals surface area (Å²) >= 11 is 1.84. The zero-order valence-corrected chi connectivity index (χ0v) is 12.5. The van der Waals surface area contributed by atoms with Gasteiger partial charge in [0.25, 0.3) is 0 Å². The second-order valence-electron chi connectivity index (χ2n) is 5.10. The van der Waals surface area contributed by atoms with Gasteiger partial charge >= 0.3 is 0 Å². The van der Waals surface area contributed by atoms with Crippen molar-refractivity contribution >= 4 is 11.8 Å². The third-order valence-electron chi connectivity index (χ3n) is 3.01. The summed E-state index contributed by atoms with van der Waals surface area (Å²) in [6.07, 6.45) is 1.71. The van der Waals surface area contributed by atoms with Gasteiger partial charge in [-0.1, -0.05) is 29.3 Å². The highest BCUT2D eigenvalue weighted by atomic mass is 32.2. The Morgan fingerprint density at radius 3 is 2.42 bits per heavy atom. The maximum Gasteiger partial charge on any atom is 0.118 e. The van der Waals surface area contributed by atoms with E-state index in [0.29, 0.717) is 0 Å². The first-order valence-electron chi connectivity index (χ1n) is 6.54. The molecular formula is C16H21NOS. The number of hydrogen-bond donors (Lipinski definition) is 1. The summed E-state index contributed by atoms with van der Waals surface area (Å²) in [7, 11) is 0. The van der Waals surface area contributed by atoms with Crippen LogP contribution in [0.5, 0.6) is 0 Å². The molecule has 2 N–H and O–H groups in total. The number of rotatable bonds is 5. The van der Waals surface area contributed by atoms with Crippen LogP contribution in [0.4, 0.5) is 0 Å². The van der Waals surface area contributed by atoms with E-state index < -0.39 is 0 Å². The van der Waals surface area contributed by atoms with Crippen LogP contribution in [0.25, 0.3) is 0 Å². The molecule has 0 bridgehead atoms. The Labute approximate surface area is 119 Å². The minimum Gasteiger partial charge on any atom is -0.468 e. The number of aryl methyl sites for hydroxylation is 2. The molecule has 1 heterocycles. The van der Waals surface area contributed by atoms with E-state index in [0.717, 1.165) is 11.5 Å². The zero-order valence-electron chi connectivity index (χ0n) is 11.7. The normalized spacial score (nSPS) is 14.3. The summed E-state index contributed by atoms with van der Waals surface area (Å²) in [6, 6.07) is 10.7. The standard InChI is InChI=1S/C16H21NOS/c1-11-7-12(2)9-14(8-11)10-19-16(13(3)17)15-5-4-6-18-15/h4-9,13,16H,10,17H2,1-3H3. The Hall–Kier alpha value is -1.19. The van der Waals surface area contributed by atoms with E-state index in [1.807, 2.05) is 30.8 Å². The summed E-state index contributed by atoms with van der Waals surface area (Å²) < 4.78 is 5.49. The number of benzene rings is 1. The van der Waals surface area contributed by atoms with E-state index in [4.69, 9.17) is 10.2 Å². The van der Waals surface area contributed by atoms with Gasteiger partial charge in [0.2, 0.25) is 0 Å². The number of thioether (sulfide) groups is 1. The minimum atomic E-state index is 0.0713. The highest BCUT2D eigenvalue weighted by Crippen LogP contribution is 2.34. The number of furan rings is 1. The van der Waals surface area contributed by atoms with E-state index in [2.05, 4.69) is 32.0 Å². The molecule has 2 unspecified atom stereocenters.